The third-order valence-electron chi connectivity index (χ3n) is 6.52. The molecule has 41 heavy (non-hydrogen) atoms. The lowest BCUT2D eigenvalue weighted by atomic mass is 10.0. The summed E-state index contributed by atoms with van der Waals surface area (Å²) in [6.07, 6.45) is -1.68. The van der Waals surface area contributed by atoms with Crippen molar-refractivity contribution in [2.24, 2.45) is 16.6 Å². The van der Waals surface area contributed by atoms with Gasteiger partial charge in [0.15, 0.2) is 0 Å². The molecule has 10 heteroatoms. The molecule has 4 N–H and O–H groups in total. The van der Waals surface area contributed by atoms with E-state index in [1.807, 2.05) is 57.2 Å². The number of ether oxygens (including phenoxy) is 1. The number of aliphatic hydroxyl groups excluding tert-OH is 1. The maximum Gasteiger partial charge on any atom is 0.407 e. The second-order valence-corrected chi connectivity index (χ2v) is 12.4. The Labute approximate surface area is 243 Å². The van der Waals surface area contributed by atoms with E-state index in [4.69, 9.17) is 10.5 Å². The lowest BCUT2D eigenvalue weighted by Crippen LogP contribution is -2.51. The number of nitrogens with one attached hydrogen (secondary N) is 1. The van der Waals surface area contributed by atoms with Crippen molar-refractivity contribution in [3.05, 3.63) is 101 Å². The quantitative estimate of drug-likeness (QED) is 0.208. The maximum atomic E-state index is 13.6. The van der Waals surface area contributed by atoms with Crippen molar-refractivity contribution < 1.29 is 23.1 Å². The highest BCUT2D eigenvalue weighted by Crippen LogP contribution is 2.20. The average Bonchev–Trinajstić information content (AvgIpc) is 2.95. The Morgan fingerprint density at radius 3 is 2.29 bits per heavy atom. The van der Waals surface area contributed by atoms with Gasteiger partial charge in [-0.15, -0.1) is 0 Å². The minimum Gasteiger partial charge on any atom is -0.445 e. The van der Waals surface area contributed by atoms with Crippen molar-refractivity contribution in [3.63, 3.8) is 0 Å². The van der Waals surface area contributed by atoms with Crippen LogP contribution in [0.1, 0.15) is 36.1 Å². The number of benzene rings is 3. The Morgan fingerprint density at radius 2 is 1.66 bits per heavy atom. The van der Waals surface area contributed by atoms with Crippen molar-refractivity contribution in [1.29, 1.82) is 0 Å². The zero-order chi connectivity index (χ0) is 30.0. The molecule has 0 aliphatic rings. The number of aryl methyl sites for hydroxylation is 1. The van der Waals surface area contributed by atoms with Gasteiger partial charge in [-0.2, -0.15) is 4.31 Å². The predicted octanol–water partition coefficient (Wildman–Crippen LogP) is 3.88. The molecule has 1 amide bonds. The lowest BCUT2D eigenvalue weighted by molar-refractivity contribution is 0.0873. The van der Waals surface area contributed by atoms with E-state index >= 15 is 0 Å². The summed E-state index contributed by atoms with van der Waals surface area (Å²) in [5.74, 6) is 0.379. The second-order valence-electron chi connectivity index (χ2n) is 10.4. The molecule has 0 aliphatic heterocycles. The lowest BCUT2D eigenvalue weighted by Gasteiger charge is -2.30. The van der Waals surface area contributed by atoms with E-state index in [1.54, 1.807) is 49.5 Å². The van der Waals surface area contributed by atoms with Crippen LogP contribution in [0.3, 0.4) is 0 Å². The number of carbonyl (C=O) groups is 1. The van der Waals surface area contributed by atoms with Gasteiger partial charge in [-0.25, -0.2) is 13.2 Å². The van der Waals surface area contributed by atoms with Gasteiger partial charge in [-0.1, -0.05) is 80.1 Å². The van der Waals surface area contributed by atoms with Crippen LogP contribution in [0.2, 0.25) is 0 Å². The van der Waals surface area contributed by atoms with Crippen molar-refractivity contribution in [1.82, 2.24) is 9.62 Å². The normalized spacial score (nSPS) is 13.7. The number of aliphatic imine (C=N–C) groups is 1. The number of aliphatic hydroxyl groups is 1. The van der Waals surface area contributed by atoms with Crippen LogP contribution in [0, 0.1) is 12.8 Å². The average molecular weight is 581 g/mol. The molecule has 220 valence electrons. The molecule has 3 rings (SSSR count). The van der Waals surface area contributed by atoms with Crippen LogP contribution >= 0.6 is 0 Å². The van der Waals surface area contributed by atoms with Gasteiger partial charge in [-0.05, 0) is 48.6 Å². The summed E-state index contributed by atoms with van der Waals surface area (Å²) >= 11 is 0. The minimum absolute atomic E-state index is 0.00970. The Morgan fingerprint density at radius 1 is 1.00 bits per heavy atom. The van der Waals surface area contributed by atoms with Gasteiger partial charge in [0.05, 0.1) is 17.0 Å². The summed E-state index contributed by atoms with van der Waals surface area (Å²) in [5.41, 5.74) is 9.14. The fourth-order valence-electron chi connectivity index (χ4n) is 4.32. The van der Waals surface area contributed by atoms with Crippen molar-refractivity contribution >= 4 is 22.0 Å². The Bertz CT molecular complexity index is 1410. The number of nitrogens with two attached hydrogens (primary N) is 1. The first-order valence-electron chi connectivity index (χ1n) is 13.5. The first kappa shape index (κ1) is 31.8. The maximum absolute atomic E-state index is 13.6. The number of hydrogen-bond donors (Lipinski definition) is 3. The molecule has 0 saturated carbocycles. The van der Waals surface area contributed by atoms with Crippen LogP contribution in [0.4, 0.5) is 4.79 Å². The Kier molecular flexibility index (Phi) is 11.5. The van der Waals surface area contributed by atoms with E-state index in [0.717, 1.165) is 16.7 Å². The zero-order valence-electron chi connectivity index (χ0n) is 24.0. The molecule has 3 aromatic carbocycles. The predicted molar refractivity (Wildman–Crippen MR) is 161 cm³/mol. The second kappa shape index (κ2) is 14.8. The number of rotatable bonds is 13. The SMILES string of the molecule is CN=C(N)c1cccc(COC(=O)NC(Cc2ccccc2)C(O)CN(CC(C)C)S(=O)(=O)c2ccc(C)cc2)c1. The number of carbonyl (C=O) groups excluding carboxylic acids is 1. The summed E-state index contributed by atoms with van der Waals surface area (Å²) in [6, 6.07) is 22.4. The highest BCUT2D eigenvalue weighted by atomic mass is 32.2. The molecule has 0 fully saturated rings. The van der Waals surface area contributed by atoms with E-state index < -0.39 is 28.3 Å². The first-order valence-corrected chi connectivity index (χ1v) is 15.0. The van der Waals surface area contributed by atoms with E-state index in [1.165, 1.54) is 4.31 Å². The summed E-state index contributed by atoms with van der Waals surface area (Å²) in [4.78, 5) is 17.0. The number of sulfonamides is 1. The molecule has 9 nitrogen and oxygen atoms in total. The van der Waals surface area contributed by atoms with Gasteiger partial charge in [0.2, 0.25) is 10.0 Å². The van der Waals surface area contributed by atoms with Gasteiger partial charge in [0.1, 0.15) is 12.4 Å². The molecule has 2 atom stereocenters. The van der Waals surface area contributed by atoms with Gasteiger partial charge in [-0.3, -0.25) is 4.99 Å². The van der Waals surface area contributed by atoms with E-state index in [9.17, 15) is 18.3 Å². The zero-order valence-corrected chi connectivity index (χ0v) is 24.8. The molecule has 0 aromatic heterocycles. The van der Waals surface area contributed by atoms with Crippen LogP contribution in [-0.2, 0) is 27.8 Å². The number of hydrogen-bond acceptors (Lipinski definition) is 6. The van der Waals surface area contributed by atoms with Crippen LogP contribution in [0.15, 0.2) is 88.8 Å². The molecule has 0 heterocycles. The van der Waals surface area contributed by atoms with E-state index in [2.05, 4.69) is 10.3 Å². The summed E-state index contributed by atoms with van der Waals surface area (Å²) in [6.45, 7) is 5.69. The monoisotopic (exact) mass is 580 g/mol. The largest absolute Gasteiger partial charge is 0.445 e. The molecule has 3 aromatic rings. The smallest absolute Gasteiger partial charge is 0.407 e. The third-order valence-corrected chi connectivity index (χ3v) is 8.36. The van der Waals surface area contributed by atoms with Crippen molar-refractivity contribution in [2.45, 2.75) is 50.8 Å². The van der Waals surface area contributed by atoms with Crippen molar-refractivity contribution in [2.75, 3.05) is 20.1 Å². The summed E-state index contributed by atoms with van der Waals surface area (Å²) in [5, 5.41) is 14.1. The van der Waals surface area contributed by atoms with E-state index in [0.29, 0.717) is 11.4 Å². The van der Waals surface area contributed by atoms with Crippen molar-refractivity contribution in [3.8, 4) is 0 Å². The van der Waals surface area contributed by atoms with Crippen LogP contribution in [0.25, 0.3) is 0 Å². The Hall–Kier alpha value is -3.73. The van der Waals surface area contributed by atoms with Gasteiger partial charge in [0.25, 0.3) is 0 Å². The summed E-state index contributed by atoms with van der Waals surface area (Å²) in [7, 11) is -2.30. The van der Waals surface area contributed by atoms with Crippen LogP contribution in [-0.4, -0.2) is 62.0 Å². The molecule has 0 aliphatic carbocycles. The van der Waals surface area contributed by atoms with Crippen LogP contribution in [0.5, 0.6) is 0 Å². The molecule has 0 saturated heterocycles. The first-order chi connectivity index (χ1) is 19.5. The molecule has 0 spiro atoms. The number of nitrogens with zero attached hydrogens (tertiary/aromatic N) is 2. The Balaban J connectivity index is 1.78. The van der Waals surface area contributed by atoms with Gasteiger partial charge < -0.3 is 20.9 Å². The number of alkyl carbamates (subject to hydrolysis) is 1. The highest BCUT2D eigenvalue weighted by Gasteiger charge is 2.31. The van der Waals surface area contributed by atoms with E-state index in [-0.39, 0.29) is 36.9 Å². The molecule has 2 unspecified atom stereocenters. The highest BCUT2D eigenvalue weighted by molar-refractivity contribution is 7.89. The minimum atomic E-state index is -3.89. The number of amidine groups is 1. The molecular formula is C31H40N4O5S. The van der Waals surface area contributed by atoms with Gasteiger partial charge in [0, 0.05) is 25.7 Å². The third kappa shape index (κ3) is 9.41. The fourth-order valence-corrected chi connectivity index (χ4v) is 5.94. The van der Waals surface area contributed by atoms with Crippen LogP contribution < -0.4 is 11.1 Å². The topological polar surface area (TPSA) is 134 Å². The molecule has 0 radical (unpaired) electrons. The number of amides is 1. The summed E-state index contributed by atoms with van der Waals surface area (Å²) < 4.78 is 33.9. The molecule has 0 bridgehead atoms. The van der Waals surface area contributed by atoms with Gasteiger partial charge >= 0.3 is 6.09 Å². The standard InChI is InChI=1S/C31H40N4O5S/c1-22(2)19-35(41(38,39)27-15-13-23(3)14-16-27)20-29(36)28(18-24-9-6-5-7-10-24)34-31(37)40-21-25-11-8-12-26(17-25)30(32)33-4/h5-17,22,28-29,36H,18-21H2,1-4H3,(H2,32,33)(H,34,37). The fraction of sp³-hybridized carbons (Fsp3) is 0.355. The molecular weight excluding hydrogens is 540 g/mol.